The monoisotopic (exact) mass is 208 g/mol. The van der Waals surface area contributed by atoms with Crippen molar-refractivity contribution in [2.75, 3.05) is 6.61 Å². The fourth-order valence-corrected chi connectivity index (χ4v) is 1.10. The average Bonchev–Trinajstić information content (AvgIpc) is 2.20. The number of carbonyl (C=O) groups is 1. The van der Waals surface area contributed by atoms with E-state index in [0.717, 1.165) is 0 Å². The van der Waals surface area contributed by atoms with Crippen molar-refractivity contribution in [1.82, 2.24) is 0 Å². The second-order valence-corrected chi connectivity index (χ2v) is 3.08. The van der Waals surface area contributed by atoms with Gasteiger partial charge in [0.05, 0.1) is 5.56 Å². The van der Waals surface area contributed by atoms with Crippen LogP contribution < -0.4 is 4.74 Å². The van der Waals surface area contributed by atoms with E-state index in [-0.39, 0.29) is 11.3 Å². The third-order valence-electron chi connectivity index (χ3n) is 1.90. The van der Waals surface area contributed by atoms with E-state index in [9.17, 15) is 9.18 Å². The largest absolute Gasteiger partial charge is 0.490 e. The smallest absolute Gasteiger partial charge is 0.162 e. The highest BCUT2D eigenvalue weighted by Gasteiger charge is 2.08. The number of rotatable bonds is 4. The van der Waals surface area contributed by atoms with Crippen LogP contribution in [0.3, 0.4) is 0 Å². The van der Waals surface area contributed by atoms with Crippen molar-refractivity contribution in [3.8, 4) is 5.75 Å². The number of ketones is 1. The summed E-state index contributed by atoms with van der Waals surface area (Å²) in [6.07, 6.45) is 3.69. The molecule has 0 heterocycles. The Labute approximate surface area is 88.4 Å². The number of hydrogen-bond donors (Lipinski definition) is 0. The predicted molar refractivity (Wildman–Crippen MR) is 56.7 cm³/mol. The van der Waals surface area contributed by atoms with Crippen LogP contribution in [0.5, 0.6) is 5.75 Å². The molecule has 0 amide bonds. The minimum Gasteiger partial charge on any atom is -0.490 e. The second-order valence-electron chi connectivity index (χ2n) is 3.08. The van der Waals surface area contributed by atoms with Crippen LogP contribution in [-0.4, -0.2) is 12.4 Å². The van der Waals surface area contributed by atoms with Crippen LogP contribution in [0.25, 0.3) is 0 Å². The summed E-state index contributed by atoms with van der Waals surface area (Å²) in [5, 5.41) is 0. The van der Waals surface area contributed by atoms with Gasteiger partial charge < -0.3 is 4.74 Å². The molecule has 0 saturated heterocycles. The van der Waals surface area contributed by atoms with E-state index in [0.29, 0.717) is 12.4 Å². The Morgan fingerprint density at radius 1 is 1.53 bits per heavy atom. The van der Waals surface area contributed by atoms with Gasteiger partial charge in [-0.1, -0.05) is 12.2 Å². The Hall–Kier alpha value is -1.64. The molecule has 1 aromatic carbocycles. The number of benzene rings is 1. The molecular weight excluding hydrogens is 195 g/mol. The Morgan fingerprint density at radius 2 is 2.27 bits per heavy atom. The van der Waals surface area contributed by atoms with Crippen LogP contribution in [-0.2, 0) is 0 Å². The zero-order valence-electron chi connectivity index (χ0n) is 8.79. The van der Waals surface area contributed by atoms with Crippen LogP contribution in [0.2, 0.25) is 0 Å². The lowest BCUT2D eigenvalue weighted by atomic mass is 10.1. The maximum atomic E-state index is 13.1. The van der Waals surface area contributed by atoms with Crippen molar-refractivity contribution >= 4 is 5.78 Å². The molecule has 0 aliphatic heterocycles. The van der Waals surface area contributed by atoms with E-state index in [1.165, 1.54) is 25.1 Å². The summed E-state index contributed by atoms with van der Waals surface area (Å²) in [5.74, 6) is -0.315. The zero-order chi connectivity index (χ0) is 11.3. The van der Waals surface area contributed by atoms with Gasteiger partial charge in [-0.3, -0.25) is 4.79 Å². The number of ether oxygens (including phenoxy) is 1. The standard InChI is InChI=1S/C12H13FO2/c1-3-4-7-15-10-5-6-12(13)11(8-10)9(2)14/h3-6,8H,7H2,1-2H3/b4-3+. The average molecular weight is 208 g/mol. The molecule has 1 aromatic rings. The van der Waals surface area contributed by atoms with Gasteiger partial charge in [0.2, 0.25) is 0 Å². The first-order valence-corrected chi connectivity index (χ1v) is 4.69. The highest BCUT2D eigenvalue weighted by Crippen LogP contribution is 2.17. The molecule has 1 rings (SSSR count). The zero-order valence-corrected chi connectivity index (χ0v) is 8.79. The summed E-state index contributed by atoms with van der Waals surface area (Å²) in [7, 11) is 0. The van der Waals surface area contributed by atoms with Crippen LogP contribution in [0, 0.1) is 5.82 Å². The predicted octanol–water partition coefficient (Wildman–Crippen LogP) is 2.98. The minimum atomic E-state index is -0.513. The first-order valence-electron chi connectivity index (χ1n) is 4.69. The summed E-state index contributed by atoms with van der Waals surface area (Å²) in [4.78, 5) is 11.0. The summed E-state index contributed by atoms with van der Waals surface area (Å²) >= 11 is 0. The molecule has 0 aliphatic rings. The van der Waals surface area contributed by atoms with E-state index in [1.54, 1.807) is 0 Å². The van der Waals surface area contributed by atoms with Crippen molar-refractivity contribution < 1.29 is 13.9 Å². The van der Waals surface area contributed by atoms with Gasteiger partial charge in [0, 0.05) is 0 Å². The Balaban J connectivity index is 2.83. The van der Waals surface area contributed by atoms with Crippen molar-refractivity contribution in [2.45, 2.75) is 13.8 Å². The van der Waals surface area contributed by atoms with Crippen LogP contribution in [0.1, 0.15) is 24.2 Å². The summed E-state index contributed by atoms with van der Waals surface area (Å²) < 4.78 is 18.4. The van der Waals surface area contributed by atoms with Gasteiger partial charge in [-0.15, -0.1) is 0 Å². The van der Waals surface area contributed by atoms with Gasteiger partial charge >= 0.3 is 0 Å². The third kappa shape index (κ3) is 3.20. The summed E-state index contributed by atoms with van der Waals surface area (Å²) in [5.41, 5.74) is 0.0629. The van der Waals surface area contributed by atoms with Crippen molar-refractivity contribution in [2.24, 2.45) is 0 Å². The van der Waals surface area contributed by atoms with Crippen molar-refractivity contribution in [3.63, 3.8) is 0 Å². The highest BCUT2D eigenvalue weighted by molar-refractivity contribution is 5.94. The molecule has 0 saturated carbocycles. The lowest BCUT2D eigenvalue weighted by Crippen LogP contribution is -1.99. The van der Waals surface area contributed by atoms with E-state index in [2.05, 4.69) is 0 Å². The molecule has 0 bridgehead atoms. The normalized spacial score (nSPS) is 10.6. The summed E-state index contributed by atoms with van der Waals surface area (Å²) in [6.45, 7) is 3.63. The first-order chi connectivity index (χ1) is 7.15. The van der Waals surface area contributed by atoms with Gasteiger partial charge in [0.1, 0.15) is 18.2 Å². The fraction of sp³-hybridized carbons (Fsp3) is 0.250. The molecule has 0 atom stereocenters. The molecule has 15 heavy (non-hydrogen) atoms. The molecular formula is C12H13FO2. The SMILES string of the molecule is C/C=C/COc1ccc(F)c(C(C)=O)c1. The number of Topliss-reactive ketones (excluding diaryl/α,β-unsaturated/α-hetero) is 1. The Kier molecular flexibility index (Phi) is 4.03. The van der Waals surface area contributed by atoms with Crippen LogP contribution >= 0.6 is 0 Å². The maximum absolute atomic E-state index is 13.1. The number of hydrogen-bond acceptors (Lipinski definition) is 2. The molecule has 0 aliphatic carbocycles. The highest BCUT2D eigenvalue weighted by atomic mass is 19.1. The van der Waals surface area contributed by atoms with Crippen molar-refractivity contribution in [1.29, 1.82) is 0 Å². The fourth-order valence-electron chi connectivity index (χ4n) is 1.10. The van der Waals surface area contributed by atoms with Gasteiger partial charge in [-0.2, -0.15) is 0 Å². The van der Waals surface area contributed by atoms with Crippen LogP contribution in [0.15, 0.2) is 30.4 Å². The lowest BCUT2D eigenvalue weighted by Gasteiger charge is -2.05. The van der Waals surface area contributed by atoms with Crippen molar-refractivity contribution in [3.05, 3.63) is 41.7 Å². The molecule has 0 aromatic heterocycles. The van der Waals surface area contributed by atoms with Gasteiger partial charge in [0.15, 0.2) is 5.78 Å². The van der Waals surface area contributed by atoms with Gasteiger partial charge in [-0.05, 0) is 32.0 Å². The van der Waals surface area contributed by atoms with E-state index in [4.69, 9.17) is 4.74 Å². The van der Waals surface area contributed by atoms with E-state index >= 15 is 0 Å². The summed E-state index contributed by atoms with van der Waals surface area (Å²) in [6, 6.07) is 4.16. The second kappa shape index (κ2) is 5.29. The van der Waals surface area contributed by atoms with Gasteiger partial charge in [0.25, 0.3) is 0 Å². The Morgan fingerprint density at radius 3 is 2.87 bits per heavy atom. The van der Waals surface area contributed by atoms with E-state index < -0.39 is 5.82 Å². The lowest BCUT2D eigenvalue weighted by molar-refractivity contribution is 0.101. The molecule has 0 N–H and O–H groups in total. The van der Waals surface area contributed by atoms with Crippen LogP contribution in [0.4, 0.5) is 4.39 Å². The molecule has 0 unspecified atom stereocenters. The third-order valence-corrected chi connectivity index (χ3v) is 1.90. The maximum Gasteiger partial charge on any atom is 0.162 e. The molecule has 80 valence electrons. The molecule has 2 nitrogen and oxygen atoms in total. The topological polar surface area (TPSA) is 26.3 Å². The number of allylic oxidation sites excluding steroid dienone is 1. The molecule has 3 heteroatoms. The minimum absolute atomic E-state index is 0.0629. The van der Waals surface area contributed by atoms with Gasteiger partial charge in [-0.25, -0.2) is 4.39 Å². The Bertz CT molecular complexity index is 383. The molecule has 0 spiro atoms. The molecule has 0 radical (unpaired) electrons. The molecule has 0 fully saturated rings. The number of carbonyl (C=O) groups excluding carboxylic acids is 1. The number of halogens is 1. The quantitative estimate of drug-likeness (QED) is 0.561. The van der Waals surface area contributed by atoms with E-state index in [1.807, 2.05) is 19.1 Å². The first kappa shape index (κ1) is 11.4.